The fourth-order valence-corrected chi connectivity index (χ4v) is 5.22. The topological polar surface area (TPSA) is 80.5 Å². The van der Waals surface area contributed by atoms with Gasteiger partial charge < -0.3 is 4.42 Å². The SMILES string of the molecule is CC(=O)c1sc(N2C(=O)c3oc4ccccc4c(=O)c3C2c2ccc(Cl)c(Cl)c2)nc1C. The van der Waals surface area contributed by atoms with E-state index in [-0.39, 0.29) is 27.6 Å². The summed E-state index contributed by atoms with van der Waals surface area (Å²) in [6, 6.07) is 10.9. The van der Waals surface area contributed by atoms with Crippen LogP contribution in [0, 0.1) is 6.92 Å². The van der Waals surface area contributed by atoms with Gasteiger partial charge >= 0.3 is 0 Å². The molecule has 1 aliphatic heterocycles. The maximum atomic E-state index is 13.5. The quantitative estimate of drug-likeness (QED) is 0.342. The number of Topliss-reactive ketones (excluding diaryl/α,β-unsaturated/α-hetero) is 1. The van der Waals surface area contributed by atoms with Gasteiger partial charge in [-0.25, -0.2) is 4.98 Å². The molecule has 0 saturated carbocycles. The number of aryl methyl sites for hydroxylation is 1. The Morgan fingerprint density at radius 1 is 1.12 bits per heavy atom. The van der Waals surface area contributed by atoms with Gasteiger partial charge in [-0.05, 0) is 36.8 Å². The van der Waals surface area contributed by atoms with E-state index in [1.807, 2.05) is 0 Å². The van der Waals surface area contributed by atoms with E-state index in [2.05, 4.69) is 4.98 Å². The number of para-hydroxylation sites is 1. The molecule has 1 aliphatic rings. The Morgan fingerprint density at radius 2 is 1.88 bits per heavy atom. The normalized spacial score (nSPS) is 15.4. The van der Waals surface area contributed by atoms with Gasteiger partial charge in [0.05, 0.1) is 37.6 Å². The fraction of sp³-hybridized carbons (Fsp3) is 0.130. The molecule has 0 aliphatic carbocycles. The van der Waals surface area contributed by atoms with Crippen molar-refractivity contribution in [1.82, 2.24) is 4.98 Å². The van der Waals surface area contributed by atoms with E-state index in [0.29, 0.717) is 37.3 Å². The highest BCUT2D eigenvalue weighted by Gasteiger charge is 2.45. The van der Waals surface area contributed by atoms with E-state index < -0.39 is 11.9 Å². The number of aromatic nitrogens is 1. The summed E-state index contributed by atoms with van der Waals surface area (Å²) in [6.45, 7) is 3.15. The molecule has 0 fully saturated rings. The molecule has 3 heterocycles. The third-order valence-corrected chi connectivity index (χ3v) is 7.34. The molecule has 5 rings (SSSR count). The van der Waals surface area contributed by atoms with Crippen molar-refractivity contribution in [3.05, 3.63) is 90.2 Å². The van der Waals surface area contributed by atoms with E-state index >= 15 is 0 Å². The summed E-state index contributed by atoms with van der Waals surface area (Å²) < 4.78 is 5.90. The molecular formula is C23H14Cl2N2O4S. The van der Waals surface area contributed by atoms with E-state index in [9.17, 15) is 14.4 Å². The fourth-order valence-electron chi connectivity index (χ4n) is 3.93. The lowest BCUT2D eigenvalue weighted by atomic mass is 9.99. The summed E-state index contributed by atoms with van der Waals surface area (Å²) in [5.41, 5.74) is 1.29. The van der Waals surface area contributed by atoms with Gasteiger partial charge in [0.15, 0.2) is 16.3 Å². The molecule has 160 valence electrons. The number of rotatable bonds is 3. The molecule has 6 nitrogen and oxygen atoms in total. The average molecular weight is 485 g/mol. The zero-order chi connectivity index (χ0) is 22.7. The predicted octanol–water partition coefficient (Wildman–Crippen LogP) is 5.82. The van der Waals surface area contributed by atoms with E-state index in [4.69, 9.17) is 27.6 Å². The largest absolute Gasteiger partial charge is 0.450 e. The molecule has 2 aromatic carbocycles. The van der Waals surface area contributed by atoms with Crippen LogP contribution in [-0.2, 0) is 0 Å². The van der Waals surface area contributed by atoms with Crippen molar-refractivity contribution in [1.29, 1.82) is 0 Å². The second-order valence-corrected chi connectivity index (χ2v) is 9.18. The van der Waals surface area contributed by atoms with Crippen molar-refractivity contribution in [3.63, 3.8) is 0 Å². The van der Waals surface area contributed by atoms with Gasteiger partial charge in [-0.15, -0.1) is 0 Å². The number of carbonyl (C=O) groups excluding carboxylic acids is 2. The summed E-state index contributed by atoms with van der Waals surface area (Å²) in [5.74, 6) is -0.716. The Kier molecular flexibility index (Phi) is 4.93. The Morgan fingerprint density at radius 3 is 2.56 bits per heavy atom. The number of hydrogen-bond acceptors (Lipinski definition) is 6. The van der Waals surface area contributed by atoms with Gasteiger partial charge in [0.25, 0.3) is 5.91 Å². The molecule has 2 aromatic heterocycles. The highest BCUT2D eigenvalue weighted by Crippen LogP contribution is 2.44. The number of hydrogen-bond donors (Lipinski definition) is 0. The van der Waals surface area contributed by atoms with Crippen LogP contribution in [0.3, 0.4) is 0 Å². The maximum absolute atomic E-state index is 13.5. The first-order valence-electron chi connectivity index (χ1n) is 9.60. The molecule has 1 amide bonds. The van der Waals surface area contributed by atoms with Gasteiger partial charge in [0.2, 0.25) is 5.76 Å². The summed E-state index contributed by atoms with van der Waals surface area (Å²) in [4.78, 5) is 45.3. The number of fused-ring (bicyclic) bond motifs is 2. The molecule has 0 radical (unpaired) electrons. The lowest BCUT2D eigenvalue weighted by Crippen LogP contribution is -2.29. The molecule has 9 heteroatoms. The standard InChI is InChI=1S/C23H14Cl2N2O4S/c1-10-21(11(2)28)32-23(26-10)27-18(12-7-8-14(24)15(25)9-12)17-19(29)13-5-3-4-6-16(13)31-20(17)22(27)30/h3-9,18H,1-2H3. The first kappa shape index (κ1) is 20.9. The molecule has 1 atom stereocenters. The van der Waals surface area contributed by atoms with Gasteiger partial charge in [0, 0.05) is 6.92 Å². The Hall–Kier alpha value is -3.00. The van der Waals surface area contributed by atoms with Crippen LogP contribution in [0.5, 0.6) is 0 Å². The van der Waals surface area contributed by atoms with Crippen molar-refractivity contribution < 1.29 is 14.0 Å². The second kappa shape index (κ2) is 7.55. The predicted molar refractivity (Wildman–Crippen MR) is 124 cm³/mol. The molecule has 32 heavy (non-hydrogen) atoms. The summed E-state index contributed by atoms with van der Waals surface area (Å²) in [7, 11) is 0. The third-order valence-electron chi connectivity index (χ3n) is 5.35. The van der Waals surface area contributed by atoms with Crippen LogP contribution in [0.25, 0.3) is 11.0 Å². The van der Waals surface area contributed by atoms with Crippen LogP contribution in [0.4, 0.5) is 5.13 Å². The number of amides is 1. The van der Waals surface area contributed by atoms with Crippen molar-refractivity contribution in [2.75, 3.05) is 4.90 Å². The number of ketones is 1. The van der Waals surface area contributed by atoms with Gasteiger partial charge in [-0.1, -0.05) is 52.7 Å². The summed E-state index contributed by atoms with van der Waals surface area (Å²) in [5, 5.41) is 1.30. The van der Waals surface area contributed by atoms with Gasteiger partial charge in [0.1, 0.15) is 5.58 Å². The zero-order valence-electron chi connectivity index (χ0n) is 16.8. The minimum atomic E-state index is -0.835. The zero-order valence-corrected chi connectivity index (χ0v) is 19.1. The van der Waals surface area contributed by atoms with E-state index in [0.717, 1.165) is 11.3 Å². The third kappa shape index (κ3) is 3.08. The molecular weight excluding hydrogens is 471 g/mol. The van der Waals surface area contributed by atoms with Crippen LogP contribution < -0.4 is 10.3 Å². The molecule has 0 spiro atoms. The molecule has 1 unspecified atom stereocenters. The van der Waals surface area contributed by atoms with Crippen LogP contribution >= 0.6 is 34.5 Å². The monoisotopic (exact) mass is 484 g/mol. The van der Waals surface area contributed by atoms with Crippen LogP contribution in [0.2, 0.25) is 10.0 Å². The van der Waals surface area contributed by atoms with E-state index in [1.54, 1.807) is 49.4 Å². The van der Waals surface area contributed by atoms with Crippen LogP contribution in [-0.4, -0.2) is 16.7 Å². The van der Waals surface area contributed by atoms with Crippen molar-refractivity contribution in [2.45, 2.75) is 19.9 Å². The number of thiazole rings is 1. The number of halogens is 2. The lowest BCUT2D eigenvalue weighted by molar-refractivity contribution is 0.0969. The highest BCUT2D eigenvalue weighted by molar-refractivity contribution is 7.17. The number of anilines is 1. The number of carbonyl (C=O) groups is 2. The average Bonchev–Trinajstić information content (AvgIpc) is 3.28. The molecule has 0 bridgehead atoms. The molecule has 0 N–H and O–H groups in total. The maximum Gasteiger partial charge on any atom is 0.297 e. The highest BCUT2D eigenvalue weighted by atomic mass is 35.5. The Balaban J connectivity index is 1.81. The van der Waals surface area contributed by atoms with Gasteiger partial charge in [-0.3, -0.25) is 19.3 Å². The minimum absolute atomic E-state index is 0.0537. The molecule has 4 aromatic rings. The first-order valence-corrected chi connectivity index (χ1v) is 11.2. The molecule has 0 saturated heterocycles. The van der Waals surface area contributed by atoms with Crippen molar-refractivity contribution in [3.8, 4) is 0 Å². The van der Waals surface area contributed by atoms with Gasteiger partial charge in [-0.2, -0.15) is 0 Å². The number of benzene rings is 2. The Bertz CT molecular complexity index is 1510. The minimum Gasteiger partial charge on any atom is -0.450 e. The second-order valence-electron chi connectivity index (χ2n) is 7.39. The summed E-state index contributed by atoms with van der Waals surface area (Å²) >= 11 is 13.5. The van der Waals surface area contributed by atoms with Crippen LogP contribution in [0.1, 0.15) is 50.0 Å². The first-order chi connectivity index (χ1) is 15.3. The number of nitrogens with zero attached hydrogens (tertiary/aromatic N) is 2. The smallest absolute Gasteiger partial charge is 0.297 e. The van der Waals surface area contributed by atoms with Crippen molar-refractivity contribution in [2.24, 2.45) is 0 Å². The summed E-state index contributed by atoms with van der Waals surface area (Å²) in [6.07, 6.45) is 0. The van der Waals surface area contributed by atoms with Crippen molar-refractivity contribution >= 4 is 62.3 Å². The lowest BCUT2D eigenvalue weighted by Gasteiger charge is -2.22. The van der Waals surface area contributed by atoms with E-state index in [1.165, 1.54) is 11.8 Å². The van der Waals surface area contributed by atoms with Crippen LogP contribution in [0.15, 0.2) is 51.7 Å². The Labute approximate surface area is 196 Å².